The zero-order valence-electron chi connectivity index (χ0n) is 15.2. The molecule has 3 rings (SSSR count). The molecule has 0 fully saturated rings. The normalized spacial score (nSPS) is 10.9. The van der Waals surface area contributed by atoms with Gasteiger partial charge in [0.2, 0.25) is 0 Å². The third kappa shape index (κ3) is 5.54. The maximum atomic E-state index is 12.3. The highest BCUT2D eigenvalue weighted by Crippen LogP contribution is 2.21. The Balaban J connectivity index is 1.60. The van der Waals surface area contributed by atoms with Gasteiger partial charge in [-0.15, -0.1) is 0 Å². The molecule has 3 aromatic rings. The van der Waals surface area contributed by atoms with Gasteiger partial charge in [0.05, 0.1) is 12.3 Å². The summed E-state index contributed by atoms with van der Waals surface area (Å²) in [4.78, 5) is 17.5. The fourth-order valence-corrected chi connectivity index (χ4v) is 2.70. The van der Waals surface area contributed by atoms with Gasteiger partial charge in [-0.05, 0) is 23.6 Å². The summed E-state index contributed by atoms with van der Waals surface area (Å²) in [6, 6.07) is 27.4. The first kappa shape index (κ1) is 18.4. The van der Waals surface area contributed by atoms with E-state index in [1.807, 2.05) is 91.9 Å². The monoisotopic (exact) mass is 358 g/mol. The molecular formula is C23H22N2O2. The van der Waals surface area contributed by atoms with E-state index in [4.69, 9.17) is 4.84 Å². The Morgan fingerprint density at radius 1 is 0.926 bits per heavy atom. The Morgan fingerprint density at radius 3 is 2.04 bits per heavy atom. The van der Waals surface area contributed by atoms with Crippen LogP contribution >= 0.6 is 0 Å². The summed E-state index contributed by atoms with van der Waals surface area (Å²) in [6.07, 6.45) is 1.60. The first-order valence-electron chi connectivity index (χ1n) is 8.83. The summed E-state index contributed by atoms with van der Waals surface area (Å²) < 4.78 is 0. The molecule has 1 amide bonds. The fraction of sp³-hybridized carbons (Fsp3) is 0.130. The van der Waals surface area contributed by atoms with Crippen LogP contribution in [-0.4, -0.2) is 18.7 Å². The van der Waals surface area contributed by atoms with E-state index in [1.54, 1.807) is 6.21 Å². The van der Waals surface area contributed by atoms with E-state index in [0.717, 1.165) is 16.7 Å². The molecule has 1 N–H and O–H groups in total. The summed E-state index contributed by atoms with van der Waals surface area (Å²) >= 11 is 0. The SMILES string of the molecule is Cc1ccc(/C=N\OCC(=O)NC(c2ccccc2)c2ccccc2)cc1. The van der Waals surface area contributed by atoms with Crippen molar-refractivity contribution in [2.75, 3.05) is 6.61 Å². The molecule has 0 aliphatic heterocycles. The summed E-state index contributed by atoms with van der Waals surface area (Å²) in [5.41, 5.74) is 4.13. The van der Waals surface area contributed by atoms with Gasteiger partial charge >= 0.3 is 0 Å². The standard InChI is InChI=1S/C23H22N2O2/c1-18-12-14-19(15-13-18)16-24-27-17-22(26)25-23(20-8-4-2-5-9-20)21-10-6-3-7-11-21/h2-16,23H,17H2,1H3,(H,25,26)/b24-16-. The number of hydrogen-bond donors (Lipinski definition) is 1. The minimum absolute atomic E-state index is 0.140. The molecule has 0 bridgehead atoms. The van der Waals surface area contributed by atoms with E-state index < -0.39 is 0 Å². The van der Waals surface area contributed by atoms with Crippen LogP contribution in [0.15, 0.2) is 90.1 Å². The van der Waals surface area contributed by atoms with Gasteiger partial charge in [-0.25, -0.2) is 0 Å². The summed E-state index contributed by atoms with van der Waals surface area (Å²) in [5.74, 6) is -0.228. The van der Waals surface area contributed by atoms with Gasteiger partial charge in [0.15, 0.2) is 6.61 Å². The number of nitrogens with one attached hydrogen (secondary N) is 1. The largest absolute Gasteiger partial charge is 0.386 e. The molecule has 0 radical (unpaired) electrons. The first-order chi connectivity index (χ1) is 13.2. The Morgan fingerprint density at radius 2 is 1.48 bits per heavy atom. The van der Waals surface area contributed by atoms with Crippen molar-refractivity contribution in [3.63, 3.8) is 0 Å². The number of carbonyl (C=O) groups is 1. The highest BCUT2D eigenvalue weighted by molar-refractivity contribution is 5.80. The van der Waals surface area contributed by atoms with Crippen LogP contribution in [0.3, 0.4) is 0 Å². The van der Waals surface area contributed by atoms with Crippen LogP contribution in [0.4, 0.5) is 0 Å². The van der Waals surface area contributed by atoms with Gasteiger partial charge in [-0.2, -0.15) is 0 Å². The van der Waals surface area contributed by atoms with Crippen LogP contribution in [0, 0.1) is 6.92 Å². The molecule has 3 aromatic carbocycles. The minimum Gasteiger partial charge on any atom is -0.386 e. The second kappa shape index (κ2) is 9.34. The molecule has 0 saturated carbocycles. The van der Waals surface area contributed by atoms with Crippen molar-refractivity contribution < 1.29 is 9.63 Å². The quantitative estimate of drug-likeness (QED) is 0.507. The number of hydrogen-bond acceptors (Lipinski definition) is 3. The smallest absolute Gasteiger partial charge is 0.261 e. The van der Waals surface area contributed by atoms with Gasteiger partial charge in [0.1, 0.15) is 0 Å². The third-order valence-electron chi connectivity index (χ3n) is 4.12. The molecule has 0 saturated heterocycles. The van der Waals surface area contributed by atoms with Gasteiger partial charge < -0.3 is 10.2 Å². The van der Waals surface area contributed by atoms with Crippen molar-refractivity contribution in [1.82, 2.24) is 5.32 Å². The van der Waals surface area contributed by atoms with Gasteiger partial charge in [-0.1, -0.05) is 95.6 Å². The average Bonchev–Trinajstić information content (AvgIpc) is 2.72. The van der Waals surface area contributed by atoms with Gasteiger partial charge in [0.25, 0.3) is 5.91 Å². The van der Waals surface area contributed by atoms with E-state index >= 15 is 0 Å². The lowest BCUT2D eigenvalue weighted by Gasteiger charge is -2.19. The average molecular weight is 358 g/mol. The number of amides is 1. The molecule has 0 unspecified atom stereocenters. The maximum Gasteiger partial charge on any atom is 0.261 e. The summed E-state index contributed by atoms with van der Waals surface area (Å²) in [5, 5.41) is 6.90. The molecule has 4 nitrogen and oxygen atoms in total. The number of carbonyl (C=O) groups excluding carboxylic acids is 1. The predicted octanol–water partition coefficient (Wildman–Crippen LogP) is 4.25. The van der Waals surface area contributed by atoms with Crippen LogP contribution in [0.25, 0.3) is 0 Å². The molecule has 0 heterocycles. The molecule has 27 heavy (non-hydrogen) atoms. The molecule has 0 spiro atoms. The molecule has 136 valence electrons. The van der Waals surface area contributed by atoms with E-state index in [1.165, 1.54) is 5.56 Å². The Hall–Kier alpha value is -3.40. The zero-order chi connectivity index (χ0) is 18.9. The molecule has 0 aliphatic carbocycles. The van der Waals surface area contributed by atoms with Crippen LogP contribution in [0.5, 0.6) is 0 Å². The van der Waals surface area contributed by atoms with Gasteiger partial charge in [0, 0.05) is 0 Å². The van der Waals surface area contributed by atoms with Crippen molar-refractivity contribution in [2.45, 2.75) is 13.0 Å². The highest BCUT2D eigenvalue weighted by atomic mass is 16.6. The second-order valence-electron chi connectivity index (χ2n) is 6.24. The number of benzene rings is 3. The number of nitrogens with zero attached hydrogens (tertiary/aromatic N) is 1. The third-order valence-corrected chi connectivity index (χ3v) is 4.12. The second-order valence-corrected chi connectivity index (χ2v) is 6.24. The lowest BCUT2D eigenvalue weighted by molar-refractivity contribution is -0.126. The van der Waals surface area contributed by atoms with E-state index in [0.29, 0.717) is 0 Å². The highest BCUT2D eigenvalue weighted by Gasteiger charge is 2.16. The van der Waals surface area contributed by atoms with Crippen LogP contribution < -0.4 is 5.32 Å². The van der Waals surface area contributed by atoms with E-state index in [2.05, 4.69) is 10.5 Å². The lowest BCUT2D eigenvalue weighted by atomic mass is 9.99. The number of oxime groups is 1. The maximum absolute atomic E-state index is 12.3. The lowest BCUT2D eigenvalue weighted by Crippen LogP contribution is -2.31. The van der Waals surface area contributed by atoms with Crippen LogP contribution in [0.1, 0.15) is 28.3 Å². The molecule has 0 aliphatic rings. The van der Waals surface area contributed by atoms with Crippen molar-refractivity contribution in [3.05, 3.63) is 107 Å². The topological polar surface area (TPSA) is 50.7 Å². The predicted molar refractivity (Wildman–Crippen MR) is 108 cm³/mol. The molecule has 0 aromatic heterocycles. The van der Waals surface area contributed by atoms with Crippen LogP contribution in [0.2, 0.25) is 0 Å². The zero-order valence-corrected chi connectivity index (χ0v) is 15.2. The van der Waals surface area contributed by atoms with Crippen molar-refractivity contribution in [2.24, 2.45) is 5.16 Å². The van der Waals surface area contributed by atoms with Crippen LogP contribution in [-0.2, 0) is 9.63 Å². The van der Waals surface area contributed by atoms with E-state index in [-0.39, 0.29) is 18.6 Å². The van der Waals surface area contributed by atoms with Gasteiger partial charge in [-0.3, -0.25) is 4.79 Å². The van der Waals surface area contributed by atoms with Crippen molar-refractivity contribution in [3.8, 4) is 0 Å². The Kier molecular flexibility index (Phi) is 6.36. The number of aryl methyl sites for hydroxylation is 1. The molecule has 0 atom stereocenters. The summed E-state index contributed by atoms with van der Waals surface area (Å²) in [6.45, 7) is 1.89. The molecule has 4 heteroatoms. The van der Waals surface area contributed by atoms with E-state index in [9.17, 15) is 4.79 Å². The minimum atomic E-state index is -0.232. The first-order valence-corrected chi connectivity index (χ1v) is 8.83. The van der Waals surface area contributed by atoms with Crippen molar-refractivity contribution >= 4 is 12.1 Å². The number of rotatable bonds is 7. The Bertz CT molecular complexity index is 836. The fourth-order valence-electron chi connectivity index (χ4n) is 2.70. The summed E-state index contributed by atoms with van der Waals surface area (Å²) in [7, 11) is 0. The Labute approximate surface area is 159 Å². The molecular weight excluding hydrogens is 336 g/mol. The van der Waals surface area contributed by atoms with Crippen molar-refractivity contribution in [1.29, 1.82) is 0 Å².